The number of aromatic nitrogens is 3. The minimum Gasteiger partial charge on any atom is -0.493 e. The zero-order chi connectivity index (χ0) is 18.8. The van der Waals surface area contributed by atoms with Gasteiger partial charge in [0.1, 0.15) is 0 Å². The first kappa shape index (κ1) is 17.3. The van der Waals surface area contributed by atoms with Crippen LogP contribution in [0.4, 0.5) is 21.8 Å². The van der Waals surface area contributed by atoms with Gasteiger partial charge in [0.15, 0.2) is 17.3 Å². The van der Waals surface area contributed by atoms with Crippen molar-refractivity contribution in [1.29, 1.82) is 0 Å². The summed E-state index contributed by atoms with van der Waals surface area (Å²) in [5.41, 5.74) is 1.20. The second-order valence-electron chi connectivity index (χ2n) is 6.07. The molecule has 1 saturated heterocycles. The molecule has 1 aromatic carbocycles. The maximum Gasteiger partial charge on any atom is 0.271 e. The number of halogens is 1. The molecule has 0 unspecified atom stereocenters. The number of benzene rings is 1. The van der Waals surface area contributed by atoms with Crippen LogP contribution in [0.2, 0.25) is 0 Å². The van der Waals surface area contributed by atoms with Gasteiger partial charge in [0.25, 0.3) is 5.95 Å². The molecular weight excluding hydrogens is 351 g/mol. The molecule has 27 heavy (non-hydrogen) atoms. The predicted molar refractivity (Wildman–Crippen MR) is 98.5 cm³/mol. The molecular formula is C18H19FN6O2. The Morgan fingerprint density at radius 1 is 1.22 bits per heavy atom. The van der Waals surface area contributed by atoms with Crippen LogP contribution in [-0.4, -0.2) is 45.9 Å². The van der Waals surface area contributed by atoms with Crippen molar-refractivity contribution in [3.8, 4) is 5.88 Å². The Kier molecular flexibility index (Phi) is 4.68. The molecule has 1 aliphatic rings. The van der Waals surface area contributed by atoms with Gasteiger partial charge < -0.3 is 19.3 Å². The Labute approximate surface area is 154 Å². The van der Waals surface area contributed by atoms with Gasteiger partial charge in [-0.3, -0.25) is 0 Å². The molecule has 3 heterocycles. The van der Waals surface area contributed by atoms with E-state index in [1.807, 2.05) is 31.2 Å². The predicted octanol–water partition coefficient (Wildman–Crippen LogP) is 3.55. The molecule has 3 aromatic rings. The van der Waals surface area contributed by atoms with Crippen LogP contribution in [0.3, 0.4) is 0 Å². The molecule has 0 saturated carbocycles. The molecule has 4 rings (SSSR count). The lowest BCUT2D eigenvalue weighted by Gasteiger charge is -2.27. The summed E-state index contributed by atoms with van der Waals surface area (Å²) in [5, 5.41) is 19.4. The van der Waals surface area contributed by atoms with Gasteiger partial charge >= 0.3 is 0 Å². The maximum absolute atomic E-state index is 14.1. The van der Waals surface area contributed by atoms with Crippen LogP contribution in [0.15, 0.2) is 40.7 Å². The first-order valence-electron chi connectivity index (χ1n) is 8.76. The number of nitrogens with zero attached hydrogens (tertiary/aromatic N) is 6. The number of morpholine rings is 1. The first-order valence-corrected chi connectivity index (χ1v) is 8.76. The molecule has 0 radical (unpaired) electrons. The number of aryl methyl sites for hydroxylation is 1. The van der Waals surface area contributed by atoms with E-state index in [9.17, 15) is 9.50 Å². The van der Waals surface area contributed by atoms with Crippen LogP contribution >= 0.6 is 0 Å². The molecule has 1 aliphatic heterocycles. The molecule has 0 aliphatic carbocycles. The summed E-state index contributed by atoms with van der Waals surface area (Å²) < 4.78 is 21.1. The van der Waals surface area contributed by atoms with Crippen LogP contribution in [-0.2, 0) is 11.3 Å². The third kappa shape index (κ3) is 3.21. The van der Waals surface area contributed by atoms with Crippen LogP contribution in [0.25, 0.3) is 10.9 Å². The van der Waals surface area contributed by atoms with Gasteiger partial charge in [-0.1, -0.05) is 18.2 Å². The maximum atomic E-state index is 14.1. The topological polar surface area (TPSA) is 88.1 Å². The van der Waals surface area contributed by atoms with Crippen molar-refractivity contribution in [2.75, 3.05) is 31.2 Å². The number of ether oxygens (including phenoxy) is 1. The molecule has 2 aromatic heterocycles. The van der Waals surface area contributed by atoms with Crippen LogP contribution in [0.1, 0.15) is 6.92 Å². The number of aromatic hydroxyl groups is 1. The van der Waals surface area contributed by atoms with E-state index in [2.05, 4.69) is 20.2 Å². The van der Waals surface area contributed by atoms with Crippen molar-refractivity contribution < 1.29 is 14.2 Å². The average Bonchev–Trinajstić information content (AvgIpc) is 2.98. The lowest BCUT2D eigenvalue weighted by atomic mass is 10.2. The van der Waals surface area contributed by atoms with Crippen LogP contribution in [0.5, 0.6) is 5.88 Å². The van der Waals surface area contributed by atoms with Crippen molar-refractivity contribution in [2.24, 2.45) is 10.2 Å². The summed E-state index contributed by atoms with van der Waals surface area (Å²) in [6.45, 7) is 4.67. The molecule has 8 nitrogen and oxygen atoms in total. The molecule has 1 N–H and O–H groups in total. The fourth-order valence-electron chi connectivity index (χ4n) is 3.18. The smallest absolute Gasteiger partial charge is 0.271 e. The standard InChI is InChI=1S/C18H19FN6O2/c1-2-25-14-6-4-3-5-12(14)15(17(25)26)22-23-18-20-11-13(19)16(21-18)24-7-9-27-10-8-24/h3-6,11,26H,2,7-10H2,1H3. The average molecular weight is 370 g/mol. The summed E-state index contributed by atoms with van der Waals surface area (Å²) in [6, 6.07) is 7.53. The highest BCUT2D eigenvalue weighted by atomic mass is 19.1. The fourth-order valence-corrected chi connectivity index (χ4v) is 3.18. The van der Waals surface area contributed by atoms with Gasteiger partial charge in [0.05, 0.1) is 24.9 Å². The quantitative estimate of drug-likeness (QED) is 0.710. The molecule has 0 bridgehead atoms. The second kappa shape index (κ2) is 7.28. The molecule has 0 atom stereocenters. The van der Waals surface area contributed by atoms with Gasteiger partial charge in [0.2, 0.25) is 5.88 Å². The summed E-state index contributed by atoms with van der Waals surface area (Å²) in [4.78, 5) is 9.87. The number of rotatable bonds is 4. The number of para-hydroxylation sites is 1. The Balaban J connectivity index is 1.69. The van der Waals surface area contributed by atoms with E-state index in [0.717, 1.165) is 17.1 Å². The Bertz CT molecular complexity index is 997. The molecule has 0 spiro atoms. The highest BCUT2D eigenvalue weighted by Gasteiger charge is 2.18. The lowest BCUT2D eigenvalue weighted by Crippen LogP contribution is -2.37. The van der Waals surface area contributed by atoms with E-state index in [0.29, 0.717) is 38.5 Å². The second-order valence-corrected chi connectivity index (χ2v) is 6.07. The van der Waals surface area contributed by atoms with E-state index in [-0.39, 0.29) is 17.6 Å². The number of anilines is 1. The summed E-state index contributed by atoms with van der Waals surface area (Å²) >= 11 is 0. The van der Waals surface area contributed by atoms with E-state index < -0.39 is 5.82 Å². The summed E-state index contributed by atoms with van der Waals surface area (Å²) in [6.07, 6.45) is 1.08. The van der Waals surface area contributed by atoms with Gasteiger partial charge in [-0.15, -0.1) is 10.2 Å². The van der Waals surface area contributed by atoms with E-state index in [4.69, 9.17) is 4.74 Å². The number of hydrogen-bond acceptors (Lipinski definition) is 7. The van der Waals surface area contributed by atoms with Gasteiger partial charge in [0, 0.05) is 25.0 Å². The summed E-state index contributed by atoms with van der Waals surface area (Å²) in [7, 11) is 0. The van der Waals surface area contributed by atoms with Gasteiger partial charge in [-0.2, -0.15) is 4.98 Å². The largest absolute Gasteiger partial charge is 0.493 e. The third-order valence-corrected chi connectivity index (χ3v) is 4.50. The summed E-state index contributed by atoms with van der Waals surface area (Å²) in [5.74, 6) is -0.271. The number of azo groups is 1. The number of hydrogen-bond donors (Lipinski definition) is 1. The minimum absolute atomic E-state index is 0.0259. The highest BCUT2D eigenvalue weighted by molar-refractivity contribution is 5.94. The SMILES string of the molecule is CCn1c(O)c(N=Nc2ncc(F)c(N3CCOCC3)n2)c2ccccc21. The van der Waals surface area contributed by atoms with Crippen molar-refractivity contribution in [1.82, 2.24) is 14.5 Å². The lowest BCUT2D eigenvalue weighted by molar-refractivity contribution is 0.122. The zero-order valence-corrected chi connectivity index (χ0v) is 14.8. The number of fused-ring (bicyclic) bond motifs is 1. The Morgan fingerprint density at radius 2 is 2.00 bits per heavy atom. The van der Waals surface area contributed by atoms with E-state index in [1.54, 1.807) is 9.47 Å². The normalized spacial score (nSPS) is 15.1. The molecule has 0 amide bonds. The van der Waals surface area contributed by atoms with Gasteiger partial charge in [-0.25, -0.2) is 9.37 Å². The van der Waals surface area contributed by atoms with Gasteiger partial charge in [-0.05, 0) is 13.0 Å². The highest BCUT2D eigenvalue weighted by Crippen LogP contribution is 2.39. The van der Waals surface area contributed by atoms with Crippen molar-refractivity contribution in [3.05, 3.63) is 36.3 Å². The monoisotopic (exact) mass is 370 g/mol. The van der Waals surface area contributed by atoms with Crippen LogP contribution in [0, 0.1) is 5.82 Å². The molecule has 9 heteroatoms. The van der Waals surface area contributed by atoms with Crippen LogP contribution < -0.4 is 4.90 Å². The first-order chi connectivity index (χ1) is 13.2. The van der Waals surface area contributed by atoms with E-state index >= 15 is 0 Å². The fraction of sp³-hybridized carbons (Fsp3) is 0.333. The van der Waals surface area contributed by atoms with Crippen molar-refractivity contribution >= 4 is 28.4 Å². The Morgan fingerprint density at radius 3 is 2.78 bits per heavy atom. The van der Waals surface area contributed by atoms with Crippen molar-refractivity contribution in [3.63, 3.8) is 0 Å². The van der Waals surface area contributed by atoms with E-state index in [1.165, 1.54) is 0 Å². The van der Waals surface area contributed by atoms with Crippen molar-refractivity contribution in [2.45, 2.75) is 13.5 Å². The molecule has 1 fully saturated rings. The zero-order valence-electron chi connectivity index (χ0n) is 14.8. The third-order valence-electron chi connectivity index (χ3n) is 4.50. The minimum atomic E-state index is -0.513. The molecule has 140 valence electrons. The Hall–Kier alpha value is -3.07.